The number of rotatable bonds is 6. The van der Waals surface area contributed by atoms with Gasteiger partial charge in [-0.1, -0.05) is 30.3 Å². The smallest absolute Gasteiger partial charge is 0.422 e. The van der Waals surface area contributed by atoms with E-state index in [1.807, 2.05) is 35.1 Å². The summed E-state index contributed by atoms with van der Waals surface area (Å²) in [5, 5.41) is 4.06. The highest BCUT2D eigenvalue weighted by atomic mass is 32.2. The van der Waals surface area contributed by atoms with Crippen molar-refractivity contribution in [3.8, 4) is 0 Å². The van der Waals surface area contributed by atoms with Gasteiger partial charge in [-0.15, -0.1) is 0 Å². The number of hydrogen-bond acceptors (Lipinski definition) is 7. The van der Waals surface area contributed by atoms with Crippen molar-refractivity contribution < 1.29 is 27.5 Å². The van der Waals surface area contributed by atoms with Crippen molar-refractivity contribution in [2.24, 2.45) is 7.05 Å². The van der Waals surface area contributed by atoms with E-state index >= 15 is 0 Å². The molecule has 1 fully saturated rings. The Bertz CT molecular complexity index is 1100. The van der Waals surface area contributed by atoms with E-state index in [-0.39, 0.29) is 18.8 Å². The van der Waals surface area contributed by atoms with Gasteiger partial charge in [-0.25, -0.2) is 18.6 Å². The Morgan fingerprint density at radius 3 is 2.56 bits per heavy atom. The van der Waals surface area contributed by atoms with Crippen LogP contribution < -0.4 is 9.03 Å². The molecule has 2 aromatic rings. The minimum absolute atomic E-state index is 0.0950. The summed E-state index contributed by atoms with van der Waals surface area (Å²) in [5.41, 5.74) is 0.247. The Labute approximate surface area is 199 Å². The fourth-order valence-electron chi connectivity index (χ4n) is 3.64. The van der Waals surface area contributed by atoms with E-state index in [1.54, 1.807) is 27.8 Å². The van der Waals surface area contributed by atoms with Crippen LogP contribution in [0.2, 0.25) is 0 Å². The summed E-state index contributed by atoms with van der Waals surface area (Å²) in [7, 11) is -2.70. The molecule has 0 radical (unpaired) electrons. The molecule has 1 unspecified atom stereocenters. The van der Waals surface area contributed by atoms with Gasteiger partial charge in [-0.3, -0.25) is 4.68 Å². The zero-order chi connectivity index (χ0) is 24.9. The number of nitrogens with zero attached hydrogens (tertiary/aromatic N) is 4. The van der Waals surface area contributed by atoms with Crippen molar-refractivity contribution in [2.75, 3.05) is 17.4 Å². The van der Waals surface area contributed by atoms with Gasteiger partial charge in [0.2, 0.25) is 0 Å². The van der Waals surface area contributed by atoms with E-state index in [4.69, 9.17) is 9.47 Å². The summed E-state index contributed by atoms with van der Waals surface area (Å²) in [6.45, 7) is 5.56. The topological polar surface area (TPSA) is 123 Å². The van der Waals surface area contributed by atoms with Crippen molar-refractivity contribution >= 4 is 28.1 Å². The predicted molar refractivity (Wildman–Crippen MR) is 125 cm³/mol. The lowest BCUT2D eigenvalue weighted by atomic mass is 10.1. The van der Waals surface area contributed by atoms with Crippen LogP contribution in [0.1, 0.15) is 39.2 Å². The highest BCUT2D eigenvalue weighted by molar-refractivity contribution is 7.91. The van der Waals surface area contributed by atoms with E-state index in [9.17, 15) is 18.0 Å². The van der Waals surface area contributed by atoms with E-state index in [0.29, 0.717) is 19.4 Å². The molecule has 2 amide bonds. The Morgan fingerprint density at radius 2 is 1.94 bits per heavy atom. The largest absolute Gasteiger partial charge is 0.445 e. The number of ether oxygens (including phenoxy) is 2. The number of amides is 2. The van der Waals surface area contributed by atoms with Crippen LogP contribution in [0.15, 0.2) is 42.7 Å². The number of hydrogen-bond donors (Lipinski definition) is 1. The second-order valence-electron chi connectivity index (χ2n) is 9.06. The third-order valence-corrected chi connectivity index (χ3v) is 6.46. The first kappa shape index (κ1) is 25.3. The average molecular weight is 494 g/mol. The third-order valence-electron chi connectivity index (χ3n) is 5.01. The number of likely N-dealkylation sites (tertiary alicyclic amines) is 1. The van der Waals surface area contributed by atoms with Crippen LogP contribution in [0, 0.1) is 0 Å². The summed E-state index contributed by atoms with van der Waals surface area (Å²) in [6, 6.07) is 8.65. The Morgan fingerprint density at radius 1 is 1.24 bits per heavy atom. The quantitative estimate of drug-likeness (QED) is 0.656. The molecule has 0 aliphatic carbocycles. The summed E-state index contributed by atoms with van der Waals surface area (Å²) in [5.74, 6) is 0. The van der Waals surface area contributed by atoms with Crippen LogP contribution in [0.25, 0.3) is 0 Å². The van der Waals surface area contributed by atoms with Gasteiger partial charge in [0.05, 0.1) is 17.9 Å². The molecule has 34 heavy (non-hydrogen) atoms. The molecule has 1 atom stereocenters. The molecule has 0 bridgehead atoms. The molecule has 1 saturated heterocycles. The van der Waals surface area contributed by atoms with Crippen LogP contribution in [-0.4, -0.2) is 60.0 Å². The van der Waals surface area contributed by atoms with Crippen LogP contribution in [0.5, 0.6) is 0 Å². The molecule has 11 nitrogen and oxygen atoms in total. The molecule has 1 aliphatic heterocycles. The van der Waals surface area contributed by atoms with Crippen LogP contribution >= 0.6 is 0 Å². The van der Waals surface area contributed by atoms with Crippen LogP contribution in [-0.2, 0) is 33.3 Å². The van der Waals surface area contributed by atoms with E-state index in [0.717, 1.165) is 9.87 Å². The fourth-order valence-corrected chi connectivity index (χ4v) is 4.93. The Balaban J connectivity index is 1.76. The Hall–Kier alpha value is -3.28. The summed E-state index contributed by atoms with van der Waals surface area (Å²) >= 11 is 0. The van der Waals surface area contributed by atoms with Crippen molar-refractivity contribution in [3.63, 3.8) is 0 Å². The minimum Gasteiger partial charge on any atom is -0.445 e. The molecule has 0 spiro atoms. The third kappa shape index (κ3) is 6.86. The maximum atomic E-state index is 13.3. The highest BCUT2D eigenvalue weighted by Gasteiger charge is 2.37. The highest BCUT2D eigenvalue weighted by Crippen LogP contribution is 2.26. The molecular weight excluding hydrogens is 462 g/mol. The molecule has 1 N–H and O–H groups in total. The van der Waals surface area contributed by atoms with Gasteiger partial charge in [0.1, 0.15) is 12.2 Å². The lowest BCUT2D eigenvalue weighted by Crippen LogP contribution is -2.55. The van der Waals surface area contributed by atoms with Crippen LogP contribution in [0.3, 0.4) is 0 Å². The fraction of sp³-hybridized carbons (Fsp3) is 0.500. The summed E-state index contributed by atoms with van der Waals surface area (Å²) in [4.78, 5) is 26.4. The number of piperidine rings is 1. The molecule has 3 rings (SSSR count). The van der Waals surface area contributed by atoms with E-state index in [1.165, 1.54) is 22.0 Å². The Kier molecular flexibility index (Phi) is 7.70. The second-order valence-corrected chi connectivity index (χ2v) is 10.6. The maximum absolute atomic E-state index is 13.3. The van der Waals surface area contributed by atoms with Gasteiger partial charge in [-0.05, 0) is 39.2 Å². The monoisotopic (exact) mass is 493 g/mol. The molecule has 1 aliphatic rings. The first-order chi connectivity index (χ1) is 15.9. The molecule has 2 heterocycles. The predicted octanol–water partition coefficient (Wildman–Crippen LogP) is 2.80. The molecule has 1 aromatic carbocycles. The number of carbonyl (C=O) groups excluding carboxylic acids is 2. The SMILES string of the molecule is Cn1cc(N(C2CCCN(C(=O)OCc3ccccc3)C2)S(=O)(=O)NC(=O)OC(C)(C)C)cn1. The van der Waals surface area contributed by atoms with Crippen molar-refractivity contribution in [1.82, 2.24) is 19.4 Å². The minimum atomic E-state index is -4.36. The van der Waals surface area contributed by atoms with Crippen molar-refractivity contribution in [2.45, 2.75) is 51.9 Å². The number of benzene rings is 1. The van der Waals surface area contributed by atoms with Crippen molar-refractivity contribution in [3.05, 3.63) is 48.3 Å². The van der Waals surface area contributed by atoms with E-state index < -0.39 is 34.0 Å². The molecule has 1 aromatic heterocycles. The first-order valence-electron chi connectivity index (χ1n) is 10.9. The number of nitrogens with one attached hydrogen (secondary N) is 1. The van der Waals surface area contributed by atoms with Gasteiger partial charge in [0.15, 0.2) is 0 Å². The van der Waals surface area contributed by atoms with Gasteiger partial charge in [-0.2, -0.15) is 13.5 Å². The molecule has 12 heteroatoms. The van der Waals surface area contributed by atoms with Crippen molar-refractivity contribution in [1.29, 1.82) is 0 Å². The van der Waals surface area contributed by atoms with Gasteiger partial charge >= 0.3 is 22.4 Å². The van der Waals surface area contributed by atoms with Gasteiger partial charge in [0, 0.05) is 26.3 Å². The number of aryl methyl sites for hydroxylation is 1. The summed E-state index contributed by atoms with van der Waals surface area (Å²) < 4.78 is 41.6. The first-order valence-corrected chi connectivity index (χ1v) is 12.4. The van der Waals surface area contributed by atoms with E-state index in [2.05, 4.69) is 5.10 Å². The number of carbonyl (C=O) groups is 2. The average Bonchev–Trinajstić information content (AvgIpc) is 3.16. The number of anilines is 1. The molecule has 186 valence electrons. The lowest BCUT2D eigenvalue weighted by molar-refractivity contribution is 0.0569. The normalized spacial score (nSPS) is 16.6. The van der Waals surface area contributed by atoms with Gasteiger partial charge in [0.25, 0.3) is 0 Å². The number of aromatic nitrogens is 2. The van der Waals surface area contributed by atoms with Crippen LogP contribution in [0.4, 0.5) is 15.3 Å². The standard InChI is InChI=1S/C22H31N5O6S/c1-22(2,3)33-20(28)24-34(30,31)27(19-13-23-25(4)14-19)18-11-8-12-26(15-18)21(29)32-16-17-9-6-5-7-10-17/h5-7,9-10,13-14,18H,8,11-12,15-16H2,1-4H3,(H,24,28). The lowest BCUT2D eigenvalue weighted by Gasteiger charge is -2.38. The zero-order valence-corrected chi connectivity index (χ0v) is 20.6. The second kappa shape index (κ2) is 10.3. The summed E-state index contributed by atoms with van der Waals surface area (Å²) in [6.07, 6.45) is 2.34. The molecular formula is C22H31N5O6S. The molecule has 0 saturated carbocycles. The maximum Gasteiger partial charge on any atom is 0.422 e. The van der Waals surface area contributed by atoms with Gasteiger partial charge < -0.3 is 14.4 Å². The zero-order valence-electron chi connectivity index (χ0n) is 19.8.